The van der Waals surface area contributed by atoms with E-state index in [1.165, 1.54) is 12.4 Å². The van der Waals surface area contributed by atoms with Crippen LogP contribution in [0.3, 0.4) is 0 Å². The summed E-state index contributed by atoms with van der Waals surface area (Å²) in [5.74, 6) is 0.804. The molecule has 2 heterocycles. The number of hydrogen-bond acceptors (Lipinski definition) is 5. The molecule has 0 unspecified atom stereocenters. The van der Waals surface area contributed by atoms with Gasteiger partial charge in [-0.15, -0.1) is 0 Å². The lowest BCUT2D eigenvalue weighted by molar-refractivity contribution is -0.384. The first-order chi connectivity index (χ1) is 11.7. The molecule has 0 N–H and O–H groups in total. The fraction of sp³-hybridized carbons (Fsp3) is 0.294. The summed E-state index contributed by atoms with van der Waals surface area (Å²) in [4.78, 5) is 21.3. The Kier molecular flexibility index (Phi) is 5.12. The van der Waals surface area contributed by atoms with Gasteiger partial charge in [0.2, 0.25) is 0 Å². The fourth-order valence-corrected chi connectivity index (χ4v) is 2.57. The molecule has 1 fully saturated rings. The normalized spacial score (nSPS) is 15.3. The maximum atomic E-state index is 11.2. The van der Waals surface area contributed by atoms with E-state index >= 15 is 0 Å². The van der Waals surface area contributed by atoms with Crippen molar-refractivity contribution in [2.24, 2.45) is 4.99 Å². The summed E-state index contributed by atoms with van der Waals surface area (Å²) in [6.07, 6.45) is 3.36. The summed E-state index contributed by atoms with van der Waals surface area (Å²) in [5, 5.41) is 11.2. The maximum Gasteiger partial charge on any atom is 0.312 e. The van der Waals surface area contributed by atoms with Crippen molar-refractivity contribution in [1.82, 2.24) is 9.88 Å². The van der Waals surface area contributed by atoms with Crippen LogP contribution in [0, 0.1) is 10.1 Å². The van der Waals surface area contributed by atoms with Crippen LogP contribution in [0.4, 0.5) is 11.4 Å². The summed E-state index contributed by atoms with van der Waals surface area (Å²) < 4.78 is 5.40. The quantitative estimate of drug-likeness (QED) is 0.373. The van der Waals surface area contributed by atoms with Gasteiger partial charge in [-0.25, -0.2) is 4.99 Å². The maximum absolute atomic E-state index is 11.2. The zero-order valence-electron chi connectivity index (χ0n) is 13.2. The molecule has 0 amide bonds. The summed E-state index contributed by atoms with van der Waals surface area (Å²) in [5.41, 5.74) is 1.35. The largest absolute Gasteiger partial charge is 0.378 e. The summed E-state index contributed by atoms with van der Waals surface area (Å²) in [7, 11) is 0. The van der Waals surface area contributed by atoms with Gasteiger partial charge in [-0.3, -0.25) is 15.1 Å². The minimum atomic E-state index is -0.453. The van der Waals surface area contributed by atoms with Crippen molar-refractivity contribution in [1.29, 1.82) is 0 Å². The molecule has 7 heteroatoms. The van der Waals surface area contributed by atoms with E-state index in [9.17, 15) is 10.1 Å². The second kappa shape index (κ2) is 7.65. The van der Waals surface area contributed by atoms with Crippen LogP contribution in [0.2, 0.25) is 0 Å². The molecule has 0 radical (unpaired) electrons. The highest BCUT2D eigenvalue weighted by Crippen LogP contribution is 2.26. The van der Waals surface area contributed by atoms with Crippen molar-refractivity contribution in [3.05, 3.63) is 64.5 Å². The van der Waals surface area contributed by atoms with Gasteiger partial charge in [0.15, 0.2) is 0 Å². The van der Waals surface area contributed by atoms with E-state index < -0.39 is 4.92 Å². The minimum Gasteiger partial charge on any atom is -0.378 e. The van der Waals surface area contributed by atoms with Crippen LogP contribution in [0.5, 0.6) is 0 Å². The molecule has 0 spiro atoms. The second-order valence-electron chi connectivity index (χ2n) is 5.41. The number of amidine groups is 1. The number of ether oxygens (including phenoxy) is 1. The SMILES string of the molecule is O=[N+]([O-])c1cnccc1N=C(Cc1ccccc1)N1CCOCC1. The average molecular weight is 326 g/mol. The molecule has 1 aliphatic rings. The molecule has 124 valence electrons. The van der Waals surface area contributed by atoms with Crippen molar-refractivity contribution in [2.45, 2.75) is 6.42 Å². The number of nitrogens with zero attached hydrogens (tertiary/aromatic N) is 4. The third-order valence-electron chi connectivity index (χ3n) is 3.81. The van der Waals surface area contributed by atoms with E-state index in [1.54, 1.807) is 6.07 Å². The highest BCUT2D eigenvalue weighted by atomic mass is 16.6. The van der Waals surface area contributed by atoms with Crippen LogP contribution in [0.15, 0.2) is 53.8 Å². The van der Waals surface area contributed by atoms with E-state index in [2.05, 4.69) is 14.9 Å². The molecular formula is C17H18N4O3. The van der Waals surface area contributed by atoms with Crippen LogP contribution in [0.25, 0.3) is 0 Å². The average Bonchev–Trinajstić information content (AvgIpc) is 2.63. The van der Waals surface area contributed by atoms with Gasteiger partial charge in [0.1, 0.15) is 17.7 Å². The number of hydrogen-bond donors (Lipinski definition) is 0. The van der Waals surface area contributed by atoms with Gasteiger partial charge in [0.05, 0.1) is 18.1 Å². The van der Waals surface area contributed by atoms with Crippen LogP contribution >= 0.6 is 0 Å². The molecule has 24 heavy (non-hydrogen) atoms. The molecular weight excluding hydrogens is 308 g/mol. The lowest BCUT2D eigenvalue weighted by Gasteiger charge is -2.30. The van der Waals surface area contributed by atoms with Crippen molar-refractivity contribution in [3.8, 4) is 0 Å². The fourth-order valence-electron chi connectivity index (χ4n) is 2.57. The molecule has 3 rings (SSSR count). The van der Waals surface area contributed by atoms with Gasteiger partial charge in [0, 0.05) is 25.7 Å². The molecule has 2 aromatic rings. The number of pyridine rings is 1. The molecule has 7 nitrogen and oxygen atoms in total. The van der Waals surface area contributed by atoms with Gasteiger partial charge in [-0.2, -0.15) is 0 Å². The first kappa shape index (κ1) is 16.1. The molecule has 1 saturated heterocycles. The second-order valence-corrected chi connectivity index (χ2v) is 5.41. The van der Waals surface area contributed by atoms with Gasteiger partial charge in [-0.1, -0.05) is 30.3 Å². The number of rotatable bonds is 4. The van der Waals surface area contributed by atoms with Gasteiger partial charge in [-0.05, 0) is 11.6 Å². The summed E-state index contributed by atoms with van der Waals surface area (Å²) >= 11 is 0. The minimum absolute atomic E-state index is 0.0867. The van der Waals surface area contributed by atoms with Crippen molar-refractivity contribution in [2.75, 3.05) is 26.3 Å². The predicted octanol–water partition coefficient (Wildman–Crippen LogP) is 2.59. The first-order valence-corrected chi connectivity index (χ1v) is 7.76. The van der Waals surface area contributed by atoms with Crippen LogP contribution in [-0.4, -0.2) is 46.9 Å². The van der Waals surface area contributed by atoms with Gasteiger partial charge < -0.3 is 9.64 Å². The third-order valence-corrected chi connectivity index (χ3v) is 3.81. The number of nitro groups is 1. The standard InChI is InChI=1S/C17H18N4O3/c22-21(23)16-13-18-7-6-15(16)19-17(20-8-10-24-11-9-20)12-14-4-2-1-3-5-14/h1-7,13H,8-12H2. The number of aliphatic imine (C=N–C) groups is 1. The molecule has 0 atom stereocenters. The smallest absolute Gasteiger partial charge is 0.312 e. The zero-order chi connectivity index (χ0) is 16.8. The number of morpholine rings is 1. The molecule has 1 aromatic carbocycles. The van der Waals surface area contributed by atoms with Crippen LogP contribution in [-0.2, 0) is 11.2 Å². The number of benzene rings is 1. The van der Waals surface area contributed by atoms with E-state index in [0.29, 0.717) is 25.3 Å². The Morgan fingerprint density at radius 1 is 1.25 bits per heavy atom. The zero-order valence-corrected chi connectivity index (χ0v) is 13.2. The highest BCUT2D eigenvalue weighted by molar-refractivity contribution is 5.88. The monoisotopic (exact) mass is 326 g/mol. The van der Waals surface area contributed by atoms with Gasteiger partial charge in [0.25, 0.3) is 0 Å². The lowest BCUT2D eigenvalue weighted by Crippen LogP contribution is -2.41. The molecule has 1 aromatic heterocycles. The Hall–Kier alpha value is -2.80. The molecule has 0 aliphatic carbocycles. The first-order valence-electron chi connectivity index (χ1n) is 7.76. The summed E-state index contributed by atoms with van der Waals surface area (Å²) in [6.45, 7) is 2.72. The predicted molar refractivity (Wildman–Crippen MR) is 90.5 cm³/mol. The van der Waals surface area contributed by atoms with Crippen molar-refractivity contribution < 1.29 is 9.66 Å². The molecule has 1 aliphatic heterocycles. The Bertz CT molecular complexity index is 728. The van der Waals surface area contributed by atoms with Crippen molar-refractivity contribution >= 4 is 17.2 Å². The van der Waals surface area contributed by atoms with E-state index in [4.69, 9.17) is 4.74 Å². The van der Waals surface area contributed by atoms with E-state index in [-0.39, 0.29) is 5.69 Å². The Labute approximate surface area is 139 Å². The topological polar surface area (TPSA) is 80.9 Å². The van der Waals surface area contributed by atoms with Crippen LogP contribution in [0.1, 0.15) is 5.56 Å². The Balaban J connectivity index is 1.95. The van der Waals surface area contributed by atoms with Crippen molar-refractivity contribution in [3.63, 3.8) is 0 Å². The third kappa shape index (κ3) is 3.94. The van der Waals surface area contributed by atoms with E-state index in [0.717, 1.165) is 24.5 Å². The Morgan fingerprint density at radius 3 is 2.71 bits per heavy atom. The van der Waals surface area contributed by atoms with E-state index in [1.807, 2.05) is 30.3 Å². The van der Waals surface area contributed by atoms with Crippen LogP contribution < -0.4 is 0 Å². The lowest BCUT2D eigenvalue weighted by atomic mass is 10.1. The highest BCUT2D eigenvalue weighted by Gasteiger charge is 2.19. The summed E-state index contributed by atoms with van der Waals surface area (Å²) in [6, 6.07) is 11.5. The Morgan fingerprint density at radius 2 is 2.00 bits per heavy atom. The number of aromatic nitrogens is 1. The molecule has 0 bridgehead atoms. The molecule has 0 saturated carbocycles. The van der Waals surface area contributed by atoms with Gasteiger partial charge >= 0.3 is 5.69 Å².